The first-order valence-corrected chi connectivity index (χ1v) is 7.55. The Balaban J connectivity index is 1.69. The van der Waals surface area contributed by atoms with Crippen LogP contribution < -0.4 is 10.6 Å². The first-order valence-electron chi connectivity index (χ1n) is 7.55. The molecule has 5 nitrogen and oxygen atoms in total. The Labute approximate surface area is 129 Å². The second-order valence-electron chi connectivity index (χ2n) is 5.60. The van der Waals surface area contributed by atoms with Gasteiger partial charge in [0.05, 0.1) is 18.9 Å². The quantitative estimate of drug-likeness (QED) is 0.862. The SMILES string of the molecule is Nc1ccc(C2=Nc3c(ccnc3N3CCOCC3)C2)cc1. The highest BCUT2D eigenvalue weighted by molar-refractivity contribution is 6.07. The second-order valence-corrected chi connectivity index (χ2v) is 5.60. The fraction of sp³-hybridized carbons (Fsp3) is 0.294. The number of hydrogen-bond acceptors (Lipinski definition) is 5. The van der Waals surface area contributed by atoms with Gasteiger partial charge in [-0.2, -0.15) is 0 Å². The fourth-order valence-corrected chi connectivity index (χ4v) is 2.95. The third-order valence-corrected chi connectivity index (χ3v) is 4.15. The molecule has 22 heavy (non-hydrogen) atoms. The summed E-state index contributed by atoms with van der Waals surface area (Å²) in [4.78, 5) is 11.7. The van der Waals surface area contributed by atoms with Crippen molar-refractivity contribution < 1.29 is 4.74 Å². The third-order valence-electron chi connectivity index (χ3n) is 4.15. The highest BCUT2D eigenvalue weighted by Gasteiger charge is 2.23. The van der Waals surface area contributed by atoms with Crippen LogP contribution in [0.25, 0.3) is 0 Å². The van der Waals surface area contributed by atoms with E-state index in [1.165, 1.54) is 5.56 Å². The lowest BCUT2D eigenvalue weighted by Gasteiger charge is -2.28. The molecule has 1 saturated heterocycles. The second kappa shape index (κ2) is 5.42. The zero-order valence-electron chi connectivity index (χ0n) is 12.3. The molecule has 0 spiro atoms. The molecular weight excluding hydrogens is 276 g/mol. The largest absolute Gasteiger partial charge is 0.399 e. The summed E-state index contributed by atoms with van der Waals surface area (Å²) in [5.41, 5.74) is 11.0. The van der Waals surface area contributed by atoms with Gasteiger partial charge in [0.1, 0.15) is 5.69 Å². The summed E-state index contributed by atoms with van der Waals surface area (Å²) < 4.78 is 5.43. The van der Waals surface area contributed by atoms with Crippen LogP contribution in [0.4, 0.5) is 17.2 Å². The molecule has 1 aromatic carbocycles. The standard InChI is InChI=1S/C17H18N4O/c18-14-3-1-12(2-4-14)15-11-13-5-6-19-17(16(13)20-15)21-7-9-22-10-8-21/h1-6H,7-11,18H2. The Kier molecular flexibility index (Phi) is 3.27. The number of nitrogens with zero attached hydrogens (tertiary/aromatic N) is 3. The van der Waals surface area contributed by atoms with Crippen LogP contribution in [-0.2, 0) is 11.2 Å². The van der Waals surface area contributed by atoms with Crippen LogP contribution in [0.1, 0.15) is 11.1 Å². The minimum absolute atomic E-state index is 0.750. The Hall–Kier alpha value is -2.40. The van der Waals surface area contributed by atoms with E-state index in [-0.39, 0.29) is 0 Å². The molecule has 0 saturated carbocycles. The molecule has 0 unspecified atom stereocenters. The number of fused-ring (bicyclic) bond motifs is 1. The zero-order chi connectivity index (χ0) is 14.9. The molecule has 0 aliphatic carbocycles. The van der Waals surface area contributed by atoms with E-state index in [1.807, 2.05) is 30.5 Å². The van der Waals surface area contributed by atoms with E-state index in [0.29, 0.717) is 0 Å². The number of nitrogen functional groups attached to an aromatic ring is 1. The smallest absolute Gasteiger partial charge is 0.154 e. The molecule has 0 radical (unpaired) electrons. The van der Waals surface area contributed by atoms with Crippen molar-refractivity contribution in [1.82, 2.24) is 4.98 Å². The number of hydrogen-bond donors (Lipinski definition) is 1. The zero-order valence-corrected chi connectivity index (χ0v) is 12.3. The molecule has 2 aromatic rings. The van der Waals surface area contributed by atoms with Crippen LogP contribution >= 0.6 is 0 Å². The van der Waals surface area contributed by atoms with E-state index in [1.54, 1.807) is 0 Å². The number of aromatic nitrogens is 1. The fourth-order valence-electron chi connectivity index (χ4n) is 2.95. The van der Waals surface area contributed by atoms with Gasteiger partial charge in [-0.05, 0) is 29.3 Å². The van der Waals surface area contributed by atoms with Gasteiger partial charge in [0.25, 0.3) is 0 Å². The molecule has 112 valence electrons. The molecular formula is C17H18N4O. The van der Waals surface area contributed by atoms with E-state index in [2.05, 4.69) is 16.0 Å². The monoisotopic (exact) mass is 294 g/mol. The van der Waals surface area contributed by atoms with Crippen LogP contribution in [-0.4, -0.2) is 37.0 Å². The molecule has 0 atom stereocenters. The molecule has 0 bridgehead atoms. The number of benzene rings is 1. The van der Waals surface area contributed by atoms with E-state index in [0.717, 1.165) is 61.2 Å². The highest BCUT2D eigenvalue weighted by atomic mass is 16.5. The van der Waals surface area contributed by atoms with Crippen molar-refractivity contribution in [2.24, 2.45) is 4.99 Å². The lowest BCUT2D eigenvalue weighted by Crippen LogP contribution is -2.36. The summed E-state index contributed by atoms with van der Waals surface area (Å²) in [6.07, 6.45) is 2.73. The lowest BCUT2D eigenvalue weighted by molar-refractivity contribution is 0.122. The van der Waals surface area contributed by atoms with Crippen molar-refractivity contribution in [1.29, 1.82) is 0 Å². The number of rotatable bonds is 2. The van der Waals surface area contributed by atoms with Gasteiger partial charge in [-0.15, -0.1) is 0 Å². The van der Waals surface area contributed by atoms with Crippen molar-refractivity contribution in [3.05, 3.63) is 47.7 Å². The van der Waals surface area contributed by atoms with Gasteiger partial charge in [-0.3, -0.25) is 0 Å². The lowest BCUT2D eigenvalue weighted by atomic mass is 10.0. The average molecular weight is 294 g/mol. The van der Waals surface area contributed by atoms with Gasteiger partial charge in [0.15, 0.2) is 5.82 Å². The number of aliphatic imine (C=N–C) groups is 1. The average Bonchev–Trinajstić information content (AvgIpc) is 3.00. The van der Waals surface area contributed by atoms with Gasteiger partial charge < -0.3 is 15.4 Å². The molecule has 2 aliphatic heterocycles. The Morgan fingerprint density at radius 2 is 1.82 bits per heavy atom. The van der Waals surface area contributed by atoms with Crippen molar-refractivity contribution in [3.63, 3.8) is 0 Å². The van der Waals surface area contributed by atoms with E-state index in [4.69, 9.17) is 15.5 Å². The summed E-state index contributed by atoms with van der Waals surface area (Å²) >= 11 is 0. The number of nitrogens with two attached hydrogens (primary N) is 1. The molecule has 2 aliphatic rings. The maximum Gasteiger partial charge on any atom is 0.154 e. The van der Waals surface area contributed by atoms with Crippen LogP contribution in [0, 0.1) is 0 Å². The van der Waals surface area contributed by atoms with E-state index < -0.39 is 0 Å². The molecule has 1 aromatic heterocycles. The van der Waals surface area contributed by atoms with Crippen LogP contribution in [0.5, 0.6) is 0 Å². The van der Waals surface area contributed by atoms with Crippen molar-refractivity contribution in [2.45, 2.75) is 6.42 Å². The number of ether oxygens (including phenoxy) is 1. The first-order chi connectivity index (χ1) is 10.8. The predicted molar refractivity (Wildman–Crippen MR) is 88.0 cm³/mol. The Morgan fingerprint density at radius 3 is 2.59 bits per heavy atom. The topological polar surface area (TPSA) is 63.7 Å². The van der Waals surface area contributed by atoms with Crippen molar-refractivity contribution in [2.75, 3.05) is 36.9 Å². The van der Waals surface area contributed by atoms with Crippen LogP contribution in [0.15, 0.2) is 41.5 Å². The maximum atomic E-state index is 5.76. The summed E-state index contributed by atoms with van der Waals surface area (Å²) in [6.45, 7) is 3.24. The Bertz CT molecular complexity index is 718. The molecule has 4 rings (SSSR count). The molecule has 3 heterocycles. The number of pyridine rings is 1. The van der Waals surface area contributed by atoms with Crippen molar-refractivity contribution in [3.8, 4) is 0 Å². The van der Waals surface area contributed by atoms with Crippen LogP contribution in [0.3, 0.4) is 0 Å². The number of anilines is 2. The minimum Gasteiger partial charge on any atom is -0.399 e. The van der Waals surface area contributed by atoms with Crippen molar-refractivity contribution >= 4 is 22.9 Å². The first kappa shape index (κ1) is 13.3. The van der Waals surface area contributed by atoms with E-state index >= 15 is 0 Å². The molecule has 2 N–H and O–H groups in total. The Morgan fingerprint density at radius 1 is 1.05 bits per heavy atom. The normalized spacial score (nSPS) is 17.3. The third kappa shape index (κ3) is 2.33. The molecule has 1 fully saturated rings. The predicted octanol–water partition coefficient (Wildman–Crippen LogP) is 2.18. The van der Waals surface area contributed by atoms with Gasteiger partial charge in [0.2, 0.25) is 0 Å². The number of morpholine rings is 1. The summed E-state index contributed by atoms with van der Waals surface area (Å²) in [5.74, 6) is 0.978. The van der Waals surface area contributed by atoms with Gasteiger partial charge in [-0.1, -0.05) is 12.1 Å². The van der Waals surface area contributed by atoms with Gasteiger partial charge in [0, 0.05) is 31.4 Å². The molecule has 5 heteroatoms. The summed E-state index contributed by atoms with van der Waals surface area (Å²) in [6, 6.07) is 9.96. The summed E-state index contributed by atoms with van der Waals surface area (Å²) in [7, 11) is 0. The van der Waals surface area contributed by atoms with Gasteiger partial charge >= 0.3 is 0 Å². The summed E-state index contributed by atoms with van der Waals surface area (Å²) in [5, 5.41) is 0. The van der Waals surface area contributed by atoms with Gasteiger partial charge in [-0.25, -0.2) is 9.98 Å². The minimum atomic E-state index is 0.750. The molecule has 0 amide bonds. The highest BCUT2D eigenvalue weighted by Crippen LogP contribution is 2.36. The van der Waals surface area contributed by atoms with Crippen LogP contribution in [0.2, 0.25) is 0 Å². The van der Waals surface area contributed by atoms with E-state index in [9.17, 15) is 0 Å². The maximum absolute atomic E-state index is 5.76.